The first-order valence-corrected chi connectivity index (χ1v) is 28.9. The van der Waals surface area contributed by atoms with Crippen LogP contribution in [0.25, 0.3) is 22.3 Å². The SMILES string of the molecule is CCCCCOc1ccc(-c2ccc(-c3ccc(C(=O)N[C@@H]4C[C@@H](O)C(OCCNC)NC(=O)C5[C@@H](O)[C@@H](C)CN5C(=O)C([C@@H](C)O)NC(=O)C([C@H](O)[C@@H](O)c5ccc(O)cc5)NC(=O)C5C[C@@H](O)CN5C(=O)C([C@@H](C)O)NC4=O)cc3)cc2)cc1. The summed E-state index contributed by atoms with van der Waals surface area (Å²) in [6.45, 7) is 5.59. The number of benzene rings is 4. The number of aliphatic hydroxyl groups excluding tert-OH is 7. The normalized spacial score (nSPS) is 26.8. The third kappa shape index (κ3) is 16.3. The van der Waals surface area contributed by atoms with E-state index in [-0.39, 0.29) is 36.6 Å². The standard InChI is InChI=1S/C61H80N8O17/c1-6-7-8-26-85-43-23-19-38(20-24-43)36-11-9-35(10-12-36)37-13-15-40(16-14-37)54(78)63-44-29-46(74)59(86-27-25-62-5)67-58(82)50-51(75)32(2)30-69(50)61(84)48(34(4)71)65-57(81)49(53(77)52(76)39-17-21-41(72)22-18-39)66-56(80)45-28-42(73)31-68(45)60(83)47(33(3)70)64-55(44)79/h9-24,32-34,42,44-53,59,62,70-77H,6-8,25-31H2,1-5H3,(H,63,78)(H,64,79)(H,65,81)(H,66,80)(H,67,82)/t32-,33+,34+,42+,44+,45?,46+,47?,48?,49?,50?,51-,52-,53-,59?/m0/s1. The molecular formula is C61H80N8O17. The molecule has 0 saturated carbocycles. The van der Waals surface area contributed by atoms with E-state index in [4.69, 9.17) is 9.47 Å². The van der Waals surface area contributed by atoms with Crippen LogP contribution in [-0.4, -0.2) is 211 Å². The fourth-order valence-electron chi connectivity index (χ4n) is 10.7. The molecule has 15 atom stereocenters. The molecule has 6 unspecified atom stereocenters. The number of carbonyl (C=O) groups is 7. The number of fused-ring (bicyclic) bond motifs is 2. The molecule has 25 nitrogen and oxygen atoms in total. The van der Waals surface area contributed by atoms with Crippen molar-refractivity contribution in [1.29, 1.82) is 0 Å². The van der Waals surface area contributed by atoms with Crippen molar-refractivity contribution in [2.24, 2.45) is 5.92 Å². The van der Waals surface area contributed by atoms with E-state index in [0.29, 0.717) is 6.61 Å². The molecule has 0 spiro atoms. The molecule has 0 aromatic heterocycles. The summed E-state index contributed by atoms with van der Waals surface area (Å²) in [5.74, 6) is -8.28. The molecule has 0 radical (unpaired) electrons. The highest BCUT2D eigenvalue weighted by atomic mass is 16.5. The van der Waals surface area contributed by atoms with Gasteiger partial charge in [0.1, 0.15) is 66.1 Å². The van der Waals surface area contributed by atoms with E-state index in [2.05, 4.69) is 38.8 Å². The number of amides is 7. The Bertz CT molecular complexity index is 2950. The Morgan fingerprint density at radius 3 is 1.77 bits per heavy atom. The van der Waals surface area contributed by atoms with E-state index >= 15 is 0 Å². The van der Waals surface area contributed by atoms with Gasteiger partial charge in [-0.25, -0.2) is 0 Å². The van der Waals surface area contributed by atoms with Crippen molar-refractivity contribution in [3.05, 3.63) is 108 Å². The summed E-state index contributed by atoms with van der Waals surface area (Å²) in [4.78, 5) is 103. The first kappa shape index (κ1) is 65.9. The van der Waals surface area contributed by atoms with Crippen molar-refractivity contribution in [2.75, 3.05) is 39.9 Å². The molecule has 0 aliphatic carbocycles. The number of phenolic OH excluding ortho intramolecular Hbond substituents is 1. The lowest BCUT2D eigenvalue weighted by molar-refractivity contribution is -0.149. The largest absolute Gasteiger partial charge is 0.508 e. The van der Waals surface area contributed by atoms with Crippen LogP contribution in [0.15, 0.2) is 97.1 Å². The molecule has 3 aliphatic rings. The van der Waals surface area contributed by atoms with Gasteiger partial charge in [0.15, 0.2) is 6.23 Å². The third-order valence-electron chi connectivity index (χ3n) is 15.7. The van der Waals surface area contributed by atoms with Crippen LogP contribution < -0.4 is 36.6 Å². The number of ether oxygens (including phenoxy) is 2. The maximum Gasteiger partial charge on any atom is 0.251 e. The van der Waals surface area contributed by atoms with Crippen LogP contribution in [0.3, 0.4) is 0 Å². The van der Waals surface area contributed by atoms with Crippen LogP contribution in [0.1, 0.15) is 81.8 Å². The lowest BCUT2D eigenvalue weighted by atomic mass is 9.96. The van der Waals surface area contributed by atoms with Crippen LogP contribution in [0.4, 0.5) is 0 Å². The fourth-order valence-corrected chi connectivity index (χ4v) is 10.7. The van der Waals surface area contributed by atoms with E-state index in [9.17, 15) is 74.4 Å². The molecule has 3 aliphatic heterocycles. The van der Waals surface area contributed by atoms with Crippen molar-refractivity contribution in [3.63, 3.8) is 0 Å². The lowest BCUT2D eigenvalue weighted by Crippen LogP contribution is -2.64. The maximum atomic E-state index is 14.7. The number of hydrogen-bond acceptors (Lipinski definition) is 18. The van der Waals surface area contributed by atoms with E-state index < -0.39 is 152 Å². The van der Waals surface area contributed by atoms with Crippen molar-refractivity contribution in [1.82, 2.24) is 41.7 Å². The van der Waals surface area contributed by atoms with Crippen LogP contribution in [0, 0.1) is 5.92 Å². The van der Waals surface area contributed by atoms with Crippen molar-refractivity contribution < 1.29 is 83.9 Å². The summed E-state index contributed by atoms with van der Waals surface area (Å²) in [7, 11) is 1.59. The molecule has 3 saturated heterocycles. The Morgan fingerprint density at radius 2 is 1.20 bits per heavy atom. The number of likely N-dealkylation sites (N-methyl/N-ethyl adjacent to an activating group) is 1. The van der Waals surface area contributed by atoms with Gasteiger partial charge in [0.25, 0.3) is 5.91 Å². The van der Waals surface area contributed by atoms with Gasteiger partial charge in [-0.2, -0.15) is 0 Å². The molecule has 14 N–H and O–H groups in total. The Kier molecular flexibility index (Phi) is 23.1. The van der Waals surface area contributed by atoms with Gasteiger partial charge in [0.05, 0.1) is 37.6 Å². The quantitative estimate of drug-likeness (QED) is 0.0549. The number of carbonyl (C=O) groups excluding carboxylic acids is 7. The number of aromatic hydroxyl groups is 1. The fraction of sp³-hybridized carbons (Fsp3) is 0.492. The zero-order valence-corrected chi connectivity index (χ0v) is 48.6. The third-order valence-corrected chi connectivity index (χ3v) is 15.7. The Hall–Kier alpha value is -7.59. The second-order valence-corrected chi connectivity index (χ2v) is 22.2. The highest BCUT2D eigenvalue weighted by molar-refractivity contribution is 6.00. The minimum absolute atomic E-state index is 0.0433. The number of aliphatic hydroxyl groups is 7. The topological polar surface area (TPSA) is 378 Å². The molecule has 4 aromatic carbocycles. The van der Waals surface area contributed by atoms with Crippen LogP contribution in [0.5, 0.6) is 11.5 Å². The van der Waals surface area contributed by atoms with E-state index in [0.717, 1.165) is 70.9 Å². The second kappa shape index (κ2) is 30.2. The van der Waals surface area contributed by atoms with Gasteiger partial charge in [-0.15, -0.1) is 0 Å². The number of nitrogens with one attached hydrogen (secondary N) is 6. The number of phenols is 1. The summed E-state index contributed by atoms with van der Waals surface area (Å²) in [5, 5.41) is 105. The second-order valence-electron chi connectivity index (χ2n) is 22.2. The molecule has 3 heterocycles. The number of rotatable bonds is 18. The minimum Gasteiger partial charge on any atom is -0.508 e. The first-order chi connectivity index (χ1) is 41.0. The van der Waals surface area contributed by atoms with Gasteiger partial charge in [0, 0.05) is 44.0 Å². The van der Waals surface area contributed by atoms with E-state index in [1.165, 1.54) is 43.3 Å². The van der Waals surface area contributed by atoms with Gasteiger partial charge in [0.2, 0.25) is 35.4 Å². The molecule has 0 bridgehead atoms. The van der Waals surface area contributed by atoms with Crippen LogP contribution >= 0.6 is 0 Å². The van der Waals surface area contributed by atoms with Crippen LogP contribution in [0.2, 0.25) is 0 Å². The average molecular weight is 1200 g/mol. The summed E-state index contributed by atoms with van der Waals surface area (Å²) in [6, 6.07) is 15.2. The summed E-state index contributed by atoms with van der Waals surface area (Å²) < 4.78 is 11.8. The van der Waals surface area contributed by atoms with Crippen molar-refractivity contribution in [2.45, 2.75) is 145 Å². The molecule has 4 aromatic rings. The summed E-state index contributed by atoms with van der Waals surface area (Å²) >= 11 is 0. The monoisotopic (exact) mass is 1200 g/mol. The number of hydrogen-bond donors (Lipinski definition) is 14. The highest BCUT2D eigenvalue weighted by Crippen LogP contribution is 2.30. The van der Waals surface area contributed by atoms with E-state index in [1.54, 1.807) is 19.2 Å². The Labute approximate surface area is 498 Å². The molecular weight excluding hydrogens is 1120 g/mol. The van der Waals surface area contributed by atoms with E-state index in [1.807, 2.05) is 48.5 Å². The number of nitrogens with zero attached hydrogens (tertiary/aromatic N) is 2. The lowest BCUT2D eigenvalue weighted by Gasteiger charge is -2.34. The highest BCUT2D eigenvalue weighted by Gasteiger charge is 2.50. The summed E-state index contributed by atoms with van der Waals surface area (Å²) in [6.07, 6.45) is -12.6. The summed E-state index contributed by atoms with van der Waals surface area (Å²) in [5.41, 5.74) is 3.46. The molecule has 7 amide bonds. The van der Waals surface area contributed by atoms with Crippen molar-refractivity contribution in [3.8, 4) is 33.8 Å². The maximum absolute atomic E-state index is 14.7. The smallest absolute Gasteiger partial charge is 0.251 e. The van der Waals surface area contributed by atoms with Crippen molar-refractivity contribution >= 4 is 41.4 Å². The zero-order chi connectivity index (χ0) is 62.5. The predicted molar refractivity (Wildman–Crippen MR) is 311 cm³/mol. The molecule has 86 heavy (non-hydrogen) atoms. The Balaban J connectivity index is 1.22. The average Bonchev–Trinajstić information content (AvgIpc) is 2.84. The van der Waals surface area contributed by atoms with Gasteiger partial charge in [-0.05, 0) is 91.5 Å². The molecule has 466 valence electrons. The number of unbranched alkanes of at least 4 members (excludes halogenated alkanes) is 2. The predicted octanol–water partition coefficient (Wildman–Crippen LogP) is -0.683. The molecule has 3 fully saturated rings. The molecule has 25 heteroatoms. The van der Waals surface area contributed by atoms with Gasteiger partial charge >= 0.3 is 0 Å². The Morgan fingerprint density at radius 1 is 0.651 bits per heavy atom. The first-order valence-electron chi connectivity index (χ1n) is 28.9. The van der Waals surface area contributed by atoms with Gasteiger partial charge in [-0.1, -0.05) is 87.4 Å². The minimum atomic E-state index is -2.29. The molecule has 7 rings (SSSR count). The van der Waals surface area contributed by atoms with Gasteiger partial charge in [-0.3, -0.25) is 33.6 Å². The van der Waals surface area contributed by atoms with Gasteiger partial charge < -0.3 is 92.0 Å². The zero-order valence-electron chi connectivity index (χ0n) is 48.6. The van der Waals surface area contributed by atoms with Crippen LogP contribution in [-0.2, 0) is 33.5 Å².